The summed E-state index contributed by atoms with van der Waals surface area (Å²) in [6.45, 7) is 1.11. The van der Waals surface area contributed by atoms with E-state index in [0.717, 1.165) is 35.1 Å². The number of aromatic nitrogens is 4. The van der Waals surface area contributed by atoms with Crippen LogP contribution in [0.4, 0.5) is 11.6 Å². The Morgan fingerprint density at radius 1 is 1.09 bits per heavy atom. The first kappa shape index (κ1) is 20.8. The van der Waals surface area contributed by atoms with E-state index in [1.165, 1.54) is 19.3 Å². The highest BCUT2D eigenvalue weighted by atomic mass is 16.1. The lowest BCUT2D eigenvalue weighted by molar-refractivity contribution is 0.102. The van der Waals surface area contributed by atoms with Gasteiger partial charge in [-0.2, -0.15) is 0 Å². The molecule has 6 rings (SSSR count). The fraction of sp³-hybridized carbons (Fsp3) is 0.308. The highest BCUT2D eigenvalue weighted by molar-refractivity contribution is 6.04. The lowest BCUT2D eigenvalue weighted by Crippen LogP contribution is -2.23. The van der Waals surface area contributed by atoms with Crippen molar-refractivity contribution in [2.75, 3.05) is 24.6 Å². The minimum Gasteiger partial charge on any atom is -0.382 e. The van der Waals surface area contributed by atoms with Crippen molar-refractivity contribution >= 4 is 23.1 Å². The average molecular weight is 454 g/mol. The van der Waals surface area contributed by atoms with E-state index in [1.807, 2.05) is 30.5 Å². The first-order chi connectivity index (χ1) is 16.6. The largest absolute Gasteiger partial charge is 0.382 e. The number of carbonyl (C=O) groups excluding carboxylic acids is 1. The van der Waals surface area contributed by atoms with Crippen molar-refractivity contribution in [2.24, 2.45) is 11.8 Å². The van der Waals surface area contributed by atoms with E-state index >= 15 is 0 Å². The van der Waals surface area contributed by atoms with E-state index < -0.39 is 0 Å². The monoisotopic (exact) mass is 453 g/mol. The first-order valence-corrected chi connectivity index (χ1v) is 11.8. The SMILES string of the molecule is CN1CC2CCCC2[C@H]1c1nc(-c2ccc(C(=O)Nc3ccccn3)cc2)c2c(N)nccn12. The van der Waals surface area contributed by atoms with Gasteiger partial charge in [0.2, 0.25) is 0 Å². The first-order valence-electron chi connectivity index (χ1n) is 11.8. The topological polar surface area (TPSA) is 101 Å². The Bertz CT molecular complexity index is 1350. The molecule has 0 spiro atoms. The van der Waals surface area contributed by atoms with E-state index in [4.69, 9.17) is 10.7 Å². The molecule has 0 radical (unpaired) electrons. The number of nitrogens with one attached hydrogen (secondary N) is 1. The quantitative estimate of drug-likeness (QED) is 0.484. The Morgan fingerprint density at radius 2 is 1.94 bits per heavy atom. The average Bonchev–Trinajstić information content (AvgIpc) is 3.53. The third-order valence-corrected chi connectivity index (χ3v) is 7.32. The molecular formula is C26H27N7O. The molecule has 8 heteroatoms. The van der Waals surface area contributed by atoms with Crippen molar-refractivity contribution in [1.29, 1.82) is 0 Å². The molecule has 1 saturated carbocycles. The molecule has 2 aliphatic rings. The molecule has 2 fully saturated rings. The lowest BCUT2D eigenvalue weighted by Gasteiger charge is -2.23. The Hall–Kier alpha value is -3.78. The fourth-order valence-electron chi connectivity index (χ4n) is 5.81. The molecule has 172 valence electrons. The van der Waals surface area contributed by atoms with Gasteiger partial charge in [0.1, 0.15) is 28.7 Å². The van der Waals surface area contributed by atoms with Crippen LogP contribution in [-0.2, 0) is 0 Å². The molecule has 1 aromatic carbocycles. The Morgan fingerprint density at radius 3 is 2.74 bits per heavy atom. The van der Waals surface area contributed by atoms with Gasteiger partial charge in [0.25, 0.3) is 5.91 Å². The second-order valence-electron chi connectivity index (χ2n) is 9.34. The number of rotatable bonds is 4. The summed E-state index contributed by atoms with van der Waals surface area (Å²) in [6, 6.07) is 13.1. The Balaban J connectivity index is 1.37. The molecule has 1 aliphatic heterocycles. The zero-order chi connectivity index (χ0) is 23.2. The van der Waals surface area contributed by atoms with E-state index in [2.05, 4.69) is 31.6 Å². The predicted molar refractivity (Wildman–Crippen MR) is 131 cm³/mol. The van der Waals surface area contributed by atoms with Gasteiger partial charge in [0.15, 0.2) is 0 Å². The Labute approximate surface area is 197 Å². The number of nitrogen functional groups attached to an aromatic ring is 1. The minimum atomic E-state index is -0.207. The number of hydrogen-bond donors (Lipinski definition) is 2. The summed E-state index contributed by atoms with van der Waals surface area (Å²) >= 11 is 0. The van der Waals surface area contributed by atoms with Crippen LogP contribution in [-0.4, -0.2) is 43.8 Å². The molecule has 1 aliphatic carbocycles. The van der Waals surface area contributed by atoms with Gasteiger partial charge in [-0.1, -0.05) is 24.6 Å². The maximum Gasteiger partial charge on any atom is 0.256 e. The van der Waals surface area contributed by atoms with Gasteiger partial charge < -0.3 is 11.1 Å². The number of fused-ring (bicyclic) bond motifs is 2. The van der Waals surface area contributed by atoms with E-state index in [9.17, 15) is 4.79 Å². The number of nitrogens with two attached hydrogens (primary N) is 1. The van der Waals surface area contributed by atoms with Crippen molar-refractivity contribution in [3.63, 3.8) is 0 Å². The molecule has 3 N–H and O–H groups in total. The predicted octanol–water partition coefficient (Wildman–Crippen LogP) is 4.03. The second kappa shape index (κ2) is 8.22. The molecule has 4 aromatic rings. The summed E-state index contributed by atoms with van der Waals surface area (Å²) in [5, 5.41) is 2.82. The summed E-state index contributed by atoms with van der Waals surface area (Å²) < 4.78 is 2.11. The molecule has 3 aromatic heterocycles. The molecule has 3 atom stereocenters. The number of nitrogens with zero attached hydrogens (tertiary/aromatic N) is 5. The summed E-state index contributed by atoms with van der Waals surface area (Å²) in [4.78, 5) is 28.7. The van der Waals surface area contributed by atoms with Crippen molar-refractivity contribution in [1.82, 2.24) is 24.3 Å². The maximum absolute atomic E-state index is 12.6. The van der Waals surface area contributed by atoms with Crippen LogP contribution in [0.2, 0.25) is 0 Å². The lowest BCUT2D eigenvalue weighted by atomic mass is 9.93. The molecule has 2 unspecified atom stereocenters. The molecular weight excluding hydrogens is 426 g/mol. The molecule has 4 heterocycles. The van der Waals surface area contributed by atoms with Gasteiger partial charge in [-0.25, -0.2) is 15.0 Å². The van der Waals surface area contributed by atoms with E-state index in [-0.39, 0.29) is 11.9 Å². The second-order valence-corrected chi connectivity index (χ2v) is 9.34. The van der Waals surface area contributed by atoms with Gasteiger partial charge >= 0.3 is 0 Å². The molecule has 0 bridgehead atoms. The highest BCUT2D eigenvalue weighted by Gasteiger charge is 2.45. The number of anilines is 2. The number of amides is 1. The van der Waals surface area contributed by atoms with Crippen LogP contribution >= 0.6 is 0 Å². The normalized spacial score (nSPS) is 22.2. The van der Waals surface area contributed by atoms with Crippen LogP contribution in [0.5, 0.6) is 0 Å². The number of likely N-dealkylation sites (tertiary alicyclic amines) is 1. The van der Waals surface area contributed by atoms with Gasteiger partial charge in [-0.3, -0.25) is 14.1 Å². The molecule has 34 heavy (non-hydrogen) atoms. The van der Waals surface area contributed by atoms with Gasteiger partial charge in [0, 0.05) is 36.3 Å². The zero-order valence-electron chi connectivity index (χ0n) is 19.1. The van der Waals surface area contributed by atoms with Crippen molar-refractivity contribution < 1.29 is 4.79 Å². The van der Waals surface area contributed by atoms with Crippen LogP contribution in [0.25, 0.3) is 16.8 Å². The summed E-state index contributed by atoms with van der Waals surface area (Å²) in [7, 11) is 2.20. The third-order valence-electron chi connectivity index (χ3n) is 7.32. The number of carbonyl (C=O) groups is 1. The number of benzene rings is 1. The smallest absolute Gasteiger partial charge is 0.256 e. The van der Waals surface area contributed by atoms with Crippen molar-refractivity contribution in [2.45, 2.75) is 25.3 Å². The third kappa shape index (κ3) is 3.42. The molecule has 1 amide bonds. The van der Waals surface area contributed by atoms with Crippen LogP contribution in [0.3, 0.4) is 0 Å². The van der Waals surface area contributed by atoms with E-state index in [0.29, 0.717) is 23.1 Å². The van der Waals surface area contributed by atoms with Crippen LogP contribution in [0, 0.1) is 11.8 Å². The van der Waals surface area contributed by atoms with Crippen LogP contribution in [0.1, 0.15) is 41.5 Å². The van der Waals surface area contributed by atoms with Crippen LogP contribution < -0.4 is 11.1 Å². The van der Waals surface area contributed by atoms with Crippen LogP contribution in [0.15, 0.2) is 61.1 Å². The Kier molecular flexibility index (Phi) is 5.03. The molecule has 1 saturated heterocycles. The summed E-state index contributed by atoms with van der Waals surface area (Å²) in [5.41, 5.74) is 9.42. The number of hydrogen-bond acceptors (Lipinski definition) is 6. The minimum absolute atomic E-state index is 0.207. The van der Waals surface area contributed by atoms with Gasteiger partial charge in [0.05, 0.1) is 6.04 Å². The zero-order valence-corrected chi connectivity index (χ0v) is 19.1. The summed E-state index contributed by atoms with van der Waals surface area (Å²) in [6.07, 6.45) is 9.18. The molecule has 8 nitrogen and oxygen atoms in total. The summed E-state index contributed by atoms with van der Waals surface area (Å²) in [5.74, 6) is 3.15. The van der Waals surface area contributed by atoms with Crippen molar-refractivity contribution in [3.05, 3.63) is 72.4 Å². The van der Waals surface area contributed by atoms with Crippen molar-refractivity contribution in [3.8, 4) is 11.3 Å². The van der Waals surface area contributed by atoms with E-state index in [1.54, 1.807) is 30.6 Å². The van der Waals surface area contributed by atoms with Gasteiger partial charge in [-0.05, 0) is 56.0 Å². The standard InChI is InChI=1S/C26H27N7O/c1-32-15-18-5-4-6-19(18)22(32)25-31-21(23-24(27)29-13-14-33(23)25)16-8-10-17(11-9-16)26(34)30-20-7-2-3-12-28-20/h2-3,7-14,18-19,22H,4-6,15H2,1H3,(H2,27,29)(H,28,30,34)/t18?,19?,22-/m0/s1. The highest BCUT2D eigenvalue weighted by Crippen LogP contribution is 2.49. The maximum atomic E-state index is 12.6. The van der Waals surface area contributed by atoms with Gasteiger partial charge in [-0.15, -0.1) is 0 Å². The number of imidazole rings is 1. The fourth-order valence-corrected chi connectivity index (χ4v) is 5.81. The number of pyridine rings is 1.